The summed E-state index contributed by atoms with van der Waals surface area (Å²) in [6.07, 6.45) is 9.35. The summed E-state index contributed by atoms with van der Waals surface area (Å²) >= 11 is 1.29. The molecule has 38 heavy (non-hydrogen) atoms. The first kappa shape index (κ1) is 30.5. The average molecular weight is 548 g/mol. The lowest BCUT2D eigenvalue weighted by Gasteiger charge is -2.48. The molecule has 1 aromatic carbocycles. The van der Waals surface area contributed by atoms with Crippen molar-refractivity contribution in [1.82, 2.24) is 4.90 Å². The smallest absolute Gasteiger partial charge is 0.330 e. The molecular weight excluding hydrogens is 502 g/mol. The number of nitrogens with zero attached hydrogens (tertiary/aromatic N) is 1. The molecule has 0 radical (unpaired) electrons. The Morgan fingerprint density at radius 1 is 1.16 bits per heavy atom. The molecule has 2 saturated heterocycles. The van der Waals surface area contributed by atoms with Crippen molar-refractivity contribution in [3.63, 3.8) is 0 Å². The molecule has 0 aliphatic carbocycles. The predicted octanol–water partition coefficient (Wildman–Crippen LogP) is 6.88. The van der Waals surface area contributed by atoms with E-state index in [1.54, 1.807) is 20.3 Å². The molecular formula is C30H45NO6S. The average Bonchev–Trinajstić information content (AvgIpc) is 3.28. The molecule has 0 saturated carbocycles. The molecule has 212 valence electrons. The van der Waals surface area contributed by atoms with Gasteiger partial charge in [0.2, 0.25) is 0 Å². The standard InChI is InChI=1S/C30H45NO6S/c1-6-8-10-12-25-18-26(36-28(32)17-22(3)11-9-7-2)19-30(35-5,37-25)27-21-38-29(33)31(27)20-23-13-15-24(34-4)16-14-23/h13-17,25-27H,6-12,18-21H2,1-5H3/t25-,26-,27+,30-/m1/s1. The van der Waals surface area contributed by atoms with Crippen LogP contribution in [0.1, 0.15) is 84.1 Å². The minimum absolute atomic E-state index is 0.00183. The lowest BCUT2D eigenvalue weighted by molar-refractivity contribution is -0.305. The van der Waals surface area contributed by atoms with Gasteiger partial charge in [0.05, 0.1) is 19.3 Å². The SMILES string of the molecule is CCCCC[C@@H]1C[C@@H](OC(=O)C=C(C)CCCC)C[C@](OC)([C@@H]2CSC(=O)N2Cc2ccc(OC)cc2)O1. The first-order valence-electron chi connectivity index (χ1n) is 14.0. The Morgan fingerprint density at radius 3 is 2.55 bits per heavy atom. The van der Waals surface area contributed by atoms with Gasteiger partial charge in [-0.3, -0.25) is 4.79 Å². The van der Waals surface area contributed by atoms with E-state index < -0.39 is 5.79 Å². The van der Waals surface area contributed by atoms with Crippen LogP contribution in [0.4, 0.5) is 4.79 Å². The highest BCUT2D eigenvalue weighted by Crippen LogP contribution is 2.43. The highest BCUT2D eigenvalue weighted by atomic mass is 32.2. The molecule has 0 unspecified atom stereocenters. The van der Waals surface area contributed by atoms with Crippen LogP contribution in [0.2, 0.25) is 0 Å². The van der Waals surface area contributed by atoms with Crippen molar-refractivity contribution in [1.29, 1.82) is 0 Å². The van der Waals surface area contributed by atoms with E-state index in [-0.39, 0.29) is 29.5 Å². The second-order valence-corrected chi connectivity index (χ2v) is 11.4. The highest BCUT2D eigenvalue weighted by molar-refractivity contribution is 8.13. The first-order chi connectivity index (χ1) is 18.3. The van der Waals surface area contributed by atoms with Gasteiger partial charge in [0.25, 0.3) is 5.24 Å². The Bertz CT molecular complexity index is 935. The van der Waals surface area contributed by atoms with Crippen molar-refractivity contribution in [2.45, 2.75) is 109 Å². The van der Waals surface area contributed by atoms with Gasteiger partial charge in [-0.1, -0.05) is 69.0 Å². The van der Waals surface area contributed by atoms with Crippen molar-refractivity contribution in [3.05, 3.63) is 41.5 Å². The predicted molar refractivity (Wildman–Crippen MR) is 151 cm³/mol. The molecule has 0 bridgehead atoms. The summed E-state index contributed by atoms with van der Waals surface area (Å²) in [4.78, 5) is 27.7. The third-order valence-corrected chi connectivity index (χ3v) is 8.41. The number of carbonyl (C=O) groups excluding carboxylic acids is 2. The molecule has 8 heteroatoms. The fourth-order valence-corrected chi connectivity index (χ4v) is 6.38. The van der Waals surface area contributed by atoms with E-state index in [2.05, 4.69) is 13.8 Å². The number of benzene rings is 1. The topological polar surface area (TPSA) is 74.3 Å². The summed E-state index contributed by atoms with van der Waals surface area (Å²) in [6.45, 7) is 6.74. The number of rotatable bonds is 14. The molecule has 0 N–H and O–H groups in total. The van der Waals surface area contributed by atoms with Gasteiger partial charge in [-0.05, 0) is 43.9 Å². The minimum atomic E-state index is -1.05. The number of hydrogen-bond donors (Lipinski definition) is 0. The van der Waals surface area contributed by atoms with Crippen LogP contribution < -0.4 is 4.74 Å². The largest absolute Gasteiger partial charge is 0.497 e. The van der Waals surface area contributed by atoms with Crippen molar-refractivity contribution < 1.29 is 28.5 Å². The zero-order valence-electron chi connectivity index (χ0n) is 23.7. The van der Waals surface area contributed by atoms with Gasteiger partial charge in [-0.2, -0.15) is 0 Å². The third kappa shape index (κ3) is 8.23. The molecule has 1 aromatic rings. The van der Waals surface area contributed by atoms with Crippen LogP contribution in [0.3, 0.4) is 0 Å². The van der Waals surface area contributed by atoms with Gasteiger partial charge in [0, 0.05) is 38.3 Å². The quantitative estimate of drug-likeness (QED) is 0.143. The van der Waals surface area contributed by atoms with E-state index in [0.29, 0.717) is 25.1 Å². The Hall–Kier alpha value is -2.03. The van der Waals surface area contributed by atoms with E-state index in [9.17, 15) is 9.59 Å². The van der Waals surface area contributed by atoms with E-state index in [1.165, 1.54) is 11.8 Å². The normalized spacial score (nSPS) is 26.0. The van der Waals surface area contributed by atoms with E-state index in [0.717, 1.165) is 61.8 Å². The second-order valence-electron chi connectivity index (χ2n) is 10.4. The van der Waals surface area contributed by atoms with Crippen molar-refractivity contribution in [2.75, 3.05) is 20.0 Å². The van der Waals surface area contributed by atoms with Gasteiger partial charge in [0.15, 0.2) is 5.79 Å². The number of esters is 1. The number of thioether (sulfide) groups is 1. The van der Waals surface area contributed by atoms with Crippen LogP contribution in [-0.2, 0) is 25.5 Å². The number of allylic oxidation sites excluding steroid dienone is 1. The summed E-state index contributed by atoms with van der Waals surface area (Å²) in [7, 11) is 3.28. The fraction of sp³-hybridized carbons (Fsp3) is 0.667. The van der Waals surface area contributed by atoms with Gasteiger partial charge < -0.3 is 23.8 Å². The van der Waals surface area contributed by atoms with Gasteiger partial charge in [-0.25, -0.2) is 4.79 Å². The lowest BCUT2D eigenvalue weighted by Crippen LogP contribution is -2.60. The van der Waals surface area contributed by atoms with Crippen molar-refractivity contribution >= 4 is 23.0 Å². The second kappa shape index (κ2) is 14.9. The van der Waals surface area contributed by atoms with Crippen LogP contribution >= 0.6 is 11.8 Å². The summed E-state index contributed by atoms with van der Waals surface area (Å²) < 4.78 is 24.1. The van der Waals surface area contributed by atoms with E-state index >= 15 is 0 Å². The van der Waals surface area contributed by atoms with Gasteiger partial charge in [-0.15, -0.1) is 0 Å². The van der Waals surface area contributed by atoms with Crippen molar-refractivity contribution in [2.24, 2.45) is 0 Å². The molecule has 2 heterocycles. The van der Waals surface area contributed by atoms with Crippen LogP contribution in [0, 0.1) is 0 Å². The molecule has 7 nitrogen and oxygen atoms in total. The zero-order chi connectivity index (χ0) is 27.5. The molecule has 4 atom stereocenters. The first-order valence-corrected chi connectivity index (χ1v) is 15.0. The number of ether oxygens (including phenoxy) is 4. The minimum Gasteiger partial charge on any atom is -0.497 e. The van der Waals surface area contributed by atoms with Crippen LogP contribution in [0.15, 0.2) is 35.9 Å². The maximum Gasteiger partial charge on any atom is 0.330 e. The van der Waals surface area contributed by atoms with Gasteiger partial charge in [0.1, 0.15) is 11.9 Å². The van der Waals surface area contributed by atoms with E-state index in [1.807, 2.05) is 36.1 Å². The van der Waals surface area contributed by atoms with Crippen LogP contribution in [0.5, 0.6) is 5.75 Å². The summed E-state index contributed by atoms with van der Waals surface area (Å²) in [5, 5.41) is 0.00183. The molecule has 2 aliphatic rings. The fourth-order valence-electron chi connectivity index (χ4n) is 5.29. The Labute approximate surface area is 232 Å². The third-order valence-electron chi connectivity index (χ3n) is 7.45. The molecule has 0 spiro atoms. The highest BCUT2D eigenvalue weighted by Gasteiger charge is 2.54. The number of hydrogen-bond acceptors (Lipinski definition) is 7. The summed E-state index contributed by atoms with van der Waals surface area (Å²) in [5.41, 5.74) is 2.04. The zero-order valence-corrected chi connectivity index (χ0v) is 24.5. The molecule has 2 fully saturated rings. The monoisotopic (exact) mass is 547 g/mol. The number of methoxy groups -OCH3 is 2. The number of amides is 1. The Kier molecular flexibility index (Phi) is 12.0. The number of carbonyl (C=O) groups is 2. The summed E-state index contributed by atoms with van der Waals surface area (Å²) in [6, 6.07) is 7.44. The Morgan fingerprint density at radius 2 is 1.89 bits per heavy atom. The lowest BCUT2D eigenvalue weighted by atomic mass is 9.90. The molecule has 0 aromatic heterocycles. The summed E-state index contributed by atoms with van der Waals surface area (Å²) in [5.74, 6) is -0.0295. The molecule has 1 amide bonds. The maximum absolute atomic E-state index is 13.0. The maximum atomic E-state index is 13.0. The van der Waals surface area contributed by atoms with Crippen LogP contribution in [-0.4, -0.2) is 60.1 Å². The number of unbranched alkanes of at least 4 members (excludes halogenated alkanes) is 3. The molecule has 3 rings (SSSR count). The van der Waals surface area contributed by atoms with Crippen LogP contribution in [0.25, 0.3) is 0 Å². The molecule has 2 aliphatic heterocycles. The van der Waals surface area contributed by atoms with Gasteiger partial charge >= 0.3 is 5.97 Å². The Balaban J connectivity index is 1.81. The van der Waals surface area contributed by atoms with Crippen molar-refractivity contribution in [3.8, 4) is 5.75 Å². The van der Waals surface area contributed by atoms with E-state index in [4.69, 9.17) is 18.9 Å².